The molecule has 1 aromatic heterocycles. The van der Waals surface area contributed by atoms with E-state index in [-0.39, 0.29) is 6.61 Å². The molecule has 0 radical (unpaired) electrons. The molecule has 0 bridgehead atoms. The van der Waals surface area contributed by atoms with Crippen molar-refractivity contribution in [2.24, 2.45) is 5.16 Å². The van der Waals surface area contributed by atoms with Crippen molar-refractivity contribution in [1.29, 1.82) is 0 Å². The van der Waals surface area contributed by atoms with Crippen LogP contribution < -0.4 is 0 Å². The van der Waals surface area contributed by atoms with Crippen molar-refractivity contribution in [1.82, 2.24) is 10.2 Å². The Bertz CT molecular complexity index is 840. The third kappa shape index (κ3) is 4.67. The Morgan fingerprint density at radius 1 is 1.08 bits per heavy atom. The summed E-state index contributed by atoms with van der Waals surface area (Å²) in [6.45, 7) is 4.44. The molecule has 6 heteroatoms. The molecule has 128 valence electrons. The van der Waals surface area contributed by atoms with Crippen LogP contribution in [0.25, 0.3) is 11.5 Å². The normalized spacial score (nSPS) is 11.4. The minimum Gasteiger partial charge on any atom is -0.417 e. The summed E-state index contributed by atoms with van der Waals surface area (Å²) in [4.78, 5) is 5.22. The Labute approximate surface area is 151 Å². The summed E-state index contributed by atoms with van der Waals surface area (Å²) in [5.74, 6) is 1.29. The van der Waals surface area contributed by atoms with Crippen molar-refractivity contribution in [2.45, 2.75) is 26.4 Å². The predicted molar refractivity (Wildman–Crippen MR) is 97.7 cm³/mol. The van der Waals surface area contributed by atoms with Gasteiger partial charge in [-0.3, -0.25) is 0 Å². The maximum Gasteiger partial charge on any atom is 0.257 e. The lowest BCUT2D eigenvalue weighted by molar-refractivity contribution is 0.112. The summed E-state index contributed by atoms with van der Waals surface area (Å²) in [6, 6.07) is 15.4. The Morgan fingerprint density at radius 3 is 2.48 bits per heavy atom. The van der Waals surface area contributed by atoms with E-state index >= 15 is 0 Å². The first-order valence-corrected chi connectivity index (χ1v) is 8.33. The number of halogens is 1. The van der Waals surface area contributed by atoms with Gasteiger partial charge < -0.3 is 9.25 Å². The standard InChI is InChI=1S/C19H18ClN3O2/c1-13(2)15-5-3-14(4-6-15)11-21-24-12-18-22-23-19(25-18)16-7-9-17(20)10-8-16/h3-11,13H,12H2,1-2H3/b21-11-. The second-order valence-corrected chi connectivity index (χ2v) is 6.27. The highest BCUT2D eigenvalue weighted by Gasteiger charge is 2.08. The molecule has 25 heavy (non-hydrogen) atoms. The molecule has 0 fully saturated rings. The first-order valence-electron chi connectivity index (χ1n) is 7.95. The van der Waals surface area contributed by atoms with Gasteiger partial charge >= 0.3 is 0 Å². The number of aromatic nitrogens is 2. The van der Waals surface area contributed by atoms with Gasteiger partial charge in [-0.05, 0) is 41.3 Å². The topological polar surface area (TPSA) is 60.5 Å². The largest absolute Gasteiger partial charge is 0.417 e. The number of benzene rings is 2. The molecule has 2 aromatic carbocycles. The zero-order valence-electron chi connectivity index (χ0n) is 14.0. The lowest BCUT2D eigenvalue weighted by Crippen LogP contribution is -1.90. The first kappa shape index (κ1) is 17.2. The maximum atomic E-state index is 5.86. The molecule has 0 saturated heterocycles. The summed E-state index contributed by atoms with van der Waals surface area (Å²) >= 11 is 5.86. The third-order valence-electron chi connectivity index (χ3n) is 3.63. The average Bonchev–Trinajstić information content (AvgIpc) is 3.09. The highest BCUT2D eigenvalue weighted by atomic mass is 35.5. The zero-order valence-corrected chi connectivity index (χ0v) is 14.8. The summed E-state index contributed by atoms with van der Waals surface area (Å²) in [5.41, 5.74) is 3.06. The second kappa shape index (κ2) is 7.94. The van der Waals surface area contributed by atoms with E-state index in [0.29, 0.717) is 22.7 Å². The second-order valence-electron chi connectivity index (χ2n) is 5.84. The van der Waals surface area contributed by atoms with Crippen LogP contribution in [0.15, 0.2) is 58.1 Å². The van der Waals surface area contributed by atoms with E-state index in [1.54, 1.807) is 18.3 Å². The highest BCUT2D eigenvalue weighted by molar-refractivity contribution is 6.30. The van der Waals surface area contributed by atoms with Gasteiger partial charge in [-0.2, -0.15) is 0 Å². The first-order chi connectivity index (χ1) is 12.1. The van der Waals surface area contributed by atoms with E-state index in [2.05, 4.69) is 41.3 Å². The Hall–Kier alpha value is -2.66. The predicted octanol–water partition coefficient (Wildman–Crippen LogP) is 5.06. The molecule has 5 nitrogen and oxygen atoms in total. The fraction of sp³-hybridized carbons (Fsp3) is 0.211. The molecule has 0 aliphatic carbocycles. The van der Waals surface area contributed by atoms with E-state index in [9.17, 15) is 0 Å². The molecule has 3 aromatic rings. The van der Waals surface area contributed by atoms with Crippen molar-refractivity contribution >= 4 is 17.8 Å². The quantitative estimate of drug-likeness (QED) is 0.457. The van der Waals surface area contributed by atoms with Gasteiger partial charge in [0, 0.05) is 10.6 Å². The van der Waals surface area contributed by atoms with Crippen molar-refractivity contribution in [2.75, 3.05) is 0 Å². The summed E-state index contributed by atoms with van der Waals surface area (Å²) in [5, 5.41) is 12.5. The van der Waals surface area contributed by atoms with Crippen LogP contribution in [-0.4, -0.2) is 16.4 Å². The van der Waals surface area contributed by atoms with Crippen LogP contribution in [0.3, 0.4) is 0 Å². The molecule has 0 aliphatic heterocycles. The van der Waals surface area contributed by atoms with Crippen LogP contribution in [0.5, 0.6) is 0 Å². The molecule has 0 N–H and O–H groups in total. The van der Waals surface area contributed by atoms with Crippen LogP contribution in [0, 0.1) is 0 Å². The number of oxime groups is 1. The van der Waals surface area contributed by atoms with Gasteiger partial charge in [0.15, 0.2) is 6.61 Å². The van der Waals surface area contributed by atoms with Gasteiger partial charge in [-0.1, -0.05) is 54.9 Å². The fourth-order valence-corrected chi connectivity index (χ4v) is 2.30. The molecule has 0 aliphatic rings. The van der Waals surface area contributed by atoms with Crippen molar-refractivity contribution in [3.63, 3.8) is 0 Å². The molecule has 3 rings (SSSR count). The van der Waals surface area contributed by atoms with E-state index in [1.807, 2.05) is 24.3 Å². The Morgan fingerprint density at radius 2 is 1.80 bits per heavy atom. The van der Waals surface area contributed by atoms with Crippen molar-refractivity contribution in [3.05, 3.63) is 70.6 Å². The minimum atomic E-state index is 0.112. The monoisotopic (exact) mass is 355 g/mol. The van der Waals surface area contributed by atoms with E-state index < -0.39 is 0 Å². The third-order valence-corrected chi connectivity index (χ3v) is 3.88. The van der Waals surface area contributed by atoms with Crippen molar-refractivity contribution < 1.29 is 9.25 Å². The molecule has 1 heterocycles. The van der Waals surface area contributed by atoms with Crippen LogP contribution in [0.1, 0.15) is 36.8 Å². The fourth-order valence-electron chi connectivity index (χ4n) is 2.18. The Kier molecular flexibility index (Phi) is 5.46. The van der Waals surface area contributed by atoms with Gasteiger partial charge in [0.25, 0.3) is 5.89 Å². The van der Waals surface area contributed by atoms with Crippen LogP contribution in [0.4, 0.5) is 0 Å². The molecular formula is C19H18ClN3O2. The zero-order chi connectivity index (χ0) is 17.6. The van der Waals surface area contributed by atoms with Gasteiger partial charge in [0.2, 0.25) is 5.89 Å². The van der Waals surface area contributed by atoms with Crippen LogP contribution >= 0.6 is 11.6 Å². The SMILES string of the molecule is CC(C)c1ccc(/C=N\OCc2nnc(-c3ccc(Cl)cc3)o2)cc1. The van der Waals surface area contributed by atoms with Gasteiger partial charge in [0.1, 0.15) is 0 Å². The van der Waals surface area contributed by atoms with E-state index in [1.165, 1.54) is 5.56 Å². The van der Waals surface area contributed by atoms with Crippen LogP contribution in [0.2, 0.25) is 5.02 Å². The van der Waals surface area contributed by atoms with Gasteiger partial charge in [-0.25, -0.2) is 0 Å². The lowest BCUT2D eigenvalue weighted by atomic mass is 10.0. The maximum absolute atomic E-state index is 5.86. The molecule has 0 saturated carbocycles. The summed E-state index contributed by atoms with van der Waals surface area (Å²) < 4.78 is 5.54. The molecule has 0 atom stereocenters. The van der Waals surface area contributed by atoms with Crippen LogP contribution in [-0.2, 0) is 11.4 Å². The summed E-state index contributed by atoms with van der Waals surface area (Å²) in [7, 11) is 0. The van der Waals surface area contributed by atoms with Gasteiger partial charge in [0.05, 0.1) is 6.21 Å². The number of hydrogen-bond acceptors (Lipinski definition) is 5. The smallest absolute Gasteiger partial charge is 0.257 e. The Balaban J connectivity index is 1.54. The average molecular weight is 356 g/mol. The van der Waals surface area contributed by atoms with Gasteiger partial charge in [-0.15, -0.1) is 10.2 Å². The van der Waals surface area contributed by atoms with Crippen molar-refractivity contribution in [3.8, 4) is 11.5 Å². The number of nitrogens with zero attached hydrogens (tertiary/aromatic N) is 3. The molecule has 0 unspecified atom stereocenters. The highest BCUT2D eigenvalue weighted by Crippen LogP contribution is 2.20. The number of rotatable bonds is 6. The minimum absolute atomic E-state index is 0.112. The summed E-state index contributed by atoms with van der Waals surface area (Å²) in [6.07, 6.45) is 1.65. The molecule has 0 spiro atoms. The molecule has 0 amide bonds. The van der Waals surface area contributed by atoms with E-state index in [4.69, 9.17) is 20.9 Å². The number of hydrogen-bond donors (Lipinski definition) is 0. The molecular weight excluding hydrogens is 338 g/mol. The van der Waals surface area contributed by atoms with E-state index in [0.717, 1.165) is 11.1 Å². The lowest BCUT2D eigenvalue weighted by Gasteiger charge is -2.04.